The summed E-state index contributed by atoms with van der Waals surface area (Å²) in [6, 6.07) is 15.8. The van der Waals surface area contributed by atoms with Crippen LogP contribution in [0.2, 0.25) is 0 Å². The molecule has 3 aromatic rings. The Balaban J connectivity index is 1.40. The molecule has 1 fully saturated rings. The summed E-state index contributed by atoms with van der Waals surface area (Å²) in [4.78, 5) is 9.14. The first-order valence-electron chi connectivity index (χ1n) is 9.50. The minimum Gasteiger partial charge on any atom is -0.497 e. The minimum atomic E-state index is 0.632. The van der Waals surface area contributed by atoms with Crippen molar-refractivity contribution in [3.63, 3.8) is 0 Å². The summed E-state index contributed by atoms with van der Waals surface area (Å²) in [5.74, 6) is 2.94. The Kier molecular flexibility index (Phi) is 5.60. The molecule has 1 aliphatic rings. The lowest BCUT2D eigenvalue weighted by molar-refractivity contribution is 0.414. The van der Waals surface area contributed by atoms with Crippen LogP contribution in [-0.2, 0) is 0 Å². The lowest BCUT2D eigenvalue weighted by Crippen LogP contribution is -2.47. The number of hydrogen-bond acceptors (Lipinski definition) is 8. The van der Waals surface area contributed by atoms with Crippen LogP contribution in [0, 0.1) is 0 Å². The number of nitrogens with zero attached hydrogens (tertiary/aromatic N) is 5. The summed E-state index contributed by atoms with van der Waals surface area (Å²) < 4.78 is 10.5. The summed E-state index contributed by atoms with van der Waals surface area (Å²) in [6.45, 7) is 3.44. The van der Waals surface area contributed by atoms with Crippen LogP contribution in [0.15, 0.2) is 54.7 Å². The van der Waals surface area contributed by atoms with Crippen LogP contribution in [0.5, 0.6) is 11.5 Å². The van der Waals surface area contributed by atoms with Gasteiger partial charge in [-0.1, -0.05) is 6.07 Å². The zero-order valence-electron chi connectivity index (χ0n) is 16.6. The predicted octanol–water partition coefficient (Wildman–Crippen LogP) is 2.96. The highest BCUT2D eigenvalue weighted by atomic mass is 16.5. The van der Waals surface area contributed by atoms with Crippen LogP contribution >= 0.6 is 0 Å². The second-order valence-corrected chi connectivity index (χ2v) is 6.67. The minimum absolute atomic E-state index is 0.632. The molecule has 150 valence electrons. The molecular formula is C21H24N6O2. The molecule has 0 atom stereocenters. The molecule has 0 bridgehead atoms. The molecule has 2 heterocycles. The van der Waals surface area contributed by atoms with E-state index in [9.17, 15) is 0 Å². The first kappa shape index (κ1) is 18.8. The van der Waals surface area contributed by atoms with Crippen molar-refractivity contribution < 1.29 is 9.47 Å². The normalized spacial score (nSPS) is 13.9. The maximum absolute atomic E-state index is 5.26. The molecular weight excluding hydrogens is 368 g/mol. The van der Waals surface area contributed by atoms with E-state index in [0.29, 0.717) is 11.8 Å². The van der Waals surface area contributed by atoms with Crippen molar-refractivity contribution in [2.45, 2.75) is 0 Å². The van der Waals surface area contributed by atoms with Gasteiger partial charge in [0.05, 0.1) is 20.4 Å². The molecule has 2 aromatic carbocycles. The zero-order chi connectivity index (χ0) is 20.1. The molecule has 8 heteroatoms. The maximum Gasteiger partial charge on any atom is 0.247 e. The van der Waals surface area contributed by atoms with E-state index in [0.717, 1.165) is 43.4 Å². The maximum atomic E-state index is 5.26. The number of aromatic nitrogens is 3. The Morgan fingerprint density at radius 1 is 0.862 bits per heavy atom. The molecule has 1 saturated heterocycles. The quantitative estimate of drug-likeness (QED) is 0.686. The highest BCUT2D eigenvalue weighted by Gasteiger charge is 2.20. The van der Waals surface area contributed by atoms with Crippen molar-refractivity contribution in [1.29, 1.82) is 0 Å². The van der Waals surface area contributed by atoms with Crippen LogP contribution in [0.1, 0.15) is 0 Å². The third-order valence-electron chi connectivity index (χ3n) is 4.89. The van der Waals surface area contributed by atoms with Gasteiger partial charge in [-0.05, 0) is 36.4 Å². The van der Waals surface area contributed by atoms with Crippen molar-refractivity contribution in [2.24, 2.45) is 0 Å². The molecule has 8 nitrogen and oxygen atoms in total. The monoisotopic (exact) mass is 392 g/mol. The number of rotatable bonds is 6. The molecule has 0 saturated carbocycles. The van der Waals surface area contributed by atoms with Crippen molar-refractivity contribution in [2.75, 3.05) is 55.5 Å². The summed E-state index contributed by atoms with van der Waals surface area (Å²) >= 11 is 0. The van der Waals surface area contributed by atoms with Gasteiger partial charge in [-0.3, -0.25) is 0 Å². The van der Waals surface area contributed by atoms with Crippen LogP contribution in [-0.4, -0.2) is 55.6 Å². The first-order chi connectivity index (χ1) is 14.2. The van der Waals surface area contributed by atoms with E-state index in [1.165, 1.54) is 5.69 Å². The standard InChI is InChI=1S/C21H24N6O2/c1-28-18-8-6-17(7-9-18)26-10-12-27(13-11-26)21-24-20(15-22-25-21)23-16-4-3-5-19(14-16)29-2/h3-9,14-15H,10-13H2,1-2H3,(H,23,24,25). The SMILES string of the molecule is COc1ccc(N2CCN(c3nncc(Nc4cccc(OC)c4)n3)CC2)cc1. The topological polar surface area (TPSA) is 75.6 Å². The van der Waals surface area contributed by atoms with E-state index in [1.54, 1.807) is 20.4 Å². The lowest BCUT2D eigenvalue weighted by atomic mass is 10.2. The molecule has 1 N–H and O–H groups in total. The zero-order valence-corrected chi connectivity index (χ0v) is 16.6. The van der Waals surface area contributed by atoms with E-state index in [1.807, 2.05) is 36.4 Å². The number of methoxy groups -OCH3 is 2. The van der Waals surface area contributed by atoms with Crippen molar-refractivity contribution in [3.8, 4) is 11.5 Å². The van der Waals surface area contributed by atoms with Gasteiger partial charge in [0.15, 0.2) is 5.82 Å². The number of anilines is 4. The molecule has 4 rings (SSSR count). The second kappa shape index (κ2) is 8.64. The average Bonchev–Trinajstić information content (AvgIpc) is 2.79. The number of ether oxygens (including phenoxy) is 2. The van der Waals surface area contributed by atoms with Gasteiger partial charge in [-0.25, -0.2) is 0 Å². The molecule has 0 spiro atoms. The summed E-state index contributed by atoms with van der Waals surface area (Å²) in [6.07, 6.45) is 1.62. The third kappa shape index (κ3) is 4.48. The fraction of sp³-hybridized carbons (Fsp3) is 0.286. The summed E-state index contributed by atoms with van der Waals surface area (Å²) in [7, 11) is 3.33. The third-order valence-corrected chi connectivity index (χ3v) is 4.89. The van der Waals surface area contributed by atoms with Crippen LogP contribution < -0.4 is 24.6 Å². The Labute approximate surface area is 170 Å². The summed E-state index contributed by atoms with van der Waals surface area (Å²) in [5, 5.41) is 11.6. The fourth-order valence-corrected chi connectivity index (χ4v) is 3.29. The van der Waals surface area contributed by atoms with E-state index in [2.05, 4.69) is 42.4 Å². The predicted molar refractivity (Wildman–Crippen MR) is 114 cm³/mol. The number of benzene rings is 2. The highest BCUT2D eigenvalue weighted by Crippen LogP contribution is 2.23. The highest BCUT2D eigenvalue weighted by molar-refractivity contribution is 5.58. The van der Waals surface area contributed by atoms with Gasteiger partial charge in [0.2, 0.25) is 5.95 Å². The van der Waals surface area contributed by atoms with Crippen LogP contribution in [0.4, 0.5) is 23.1 Å². The van der Waals surface area contributed by atoms with E-state index >= 15 is 0 Å². The van der Waals surface area contributed by atoms with Gasteiger partial charge >= 0.3 is 0 Å². The summed E-state index contributed by atoms with van der Waals surface area (Å²) in [5.41, 5.74) is 2.08. The van der Waals surface area contributed by atoms with Crippen molar-refractivity contribution >= 4 is 23.1 Å². The molecule has 1 aliphatic heterocycles. The lowest BCUT2D eigenvalue weighted by Gasteiger charge is -2.36. The van der Waals surface area contributed by atoms with Crippen LogP contribution in [0.3, 0.4) is 0 Å². The van der Waals surface area contributed by atoms with Gasteiger partial charge in [-0.2, -0.15) is 10.1 Å². The molecule has 1 aromatic heterocycles. The number of hydrogen-bond donors (Lipinski definition) is 1. The van der Waals surface area contributed by atoms with Crippen molar-refractivity contribution in [3.05, 3.63) is 54.7 Å². The molecule has 0 amide bonds. The van der Waals surface area contributed by atoms with Gasteiger partial charge in [-0.15, -0.1) is 5.10 Å². The van der Waals surface area contributed by atoms with E-state index < -0.39 is 0 Å². The Hall–Kier alpha value is -3.55. The van der Waals surface area contributed by atoms with Gasteiger partial charge in [0.1, 0.15) is 11.5 Å². The largest absolute Gasteiger partial charge is 0.497 e. The average molecular weight is 392 g/mol. The van der Waals surface area contributed by atoms with Crippen molar-refractivity contribution in [1.82, 2.24) is 15.2 Å². The molecule has 0 radical (unpaired) electrons. The molecule has 29 heavy (non-hydrogen) atoms. The first-order valence-corrected chi connectivity index (χ1v) is 9.50. The Morgan fingerprint density at radius 3 is 2.31 bits per heavy atom. The van der Waals surface area contributed by atoms with E-state index in [-0.39, 0.29) is 0 Å². The Morgan fingerprint density at radius 2 is 1.59 bits per heavy atom. The Bertz CT molecular complexity index is 942. The smallest absolute Gasteiger partial charge is 0.247 e. The van der Waals surface area contributed by atoms with E-state index in [4.69, 9.17) is 9.47 Å². The molecule has 0 unspecified atom stereocenters. The van der Waals surface area contributed by atoms with Gasteiger partial charge in [0, 0.05) is 43.6 Å². The number of piperazine rings is 1. The van der Waals surface area contributed by atoms with Crippen LogP contribution in [0.25, 0.3) is 0 Å². The van der Waals surface area contributed by atoms with Gasteiger partial charge < -0.3 is 24.6 Å². The second-order valence-electron chi connectivity index (χ2n) is 6.67. The number of nitrogens with one attached hydrogen (secondary N) is 1. The fourth-order valence-electron chi connectivity index (χ4n) is 3.29. The van der Waals surface area contributed by atoms with Gasteiger partial charge in [0.25, 0.3) is 0 Å². The molecule has 0 aliphatic carbocycles.